The van der Waals surface area contributed by atoms with Crippen LogP contribution in [0.2, 0.25) is 18.1 Å². The predicted octanol–water partition coefficient (Wildman–Crippen LogP) is 4.98. The van der Waals surface area contributed by atoms with Crippen LogP contribution in [-0.2, 0) is 13.7 Å². The highest BCUT2D eigenvalue weighted by atomic mass is 28.4. The summed E-state index contributed by atoms with van der Waals surface area (Å²) in [5, 5.41) is 0.271. The van der Waals surface area contributed by atoms with Gasteiger partial charge in [-0.15, -0.1) is 0 Å². The maximum atomic E-state index is 6.39. The van der Waals surface area contributed by atoms with Crippen LogP contribution in [0.4, 0.5) is 0 Å². The van der Waals surface area contributed by atoms with Crippen molar-refractivity contribution in [1.82, 2.24) is 0 Å². The summed E-state index contributed by atoms with van der Waals surface area (Å²) in [5.41, 5.74) is 0.787. The molecule has 1 atom stereocenters. The van der Waals surface area contributed by atoms with Crippen LogP contribution in [0.15, 0.2) is 11.5 Å². The second-order valence-corrected chi connectivity index (χ2v) is 14.6. The third-order valence-electron chi connectivity index (χ3n) is 6.28. The zero-order valence-electron chi connectivity index (χ0n) is 16.6. The summed E-state index contributed by atoms with van der Waals surface area (Å²) in [4.78, 5) is 0. The van der Waals surface area contributed by atoms with Crippen LogP contribution in [0, 0.1) is 5.92 Å². The molecule has 0 amide bonds. The van der Waals surface area contributed by atoms with Gasteiger partial charge in [0.2, 0.25) is 0 Å². The first kappa shape index (κ1) is 19.2. The fourth-order valence-electron chi connectivity index (χ4n) is 2.67. The van der Waals surface area contributed by atoms with Crippen LogP contribution >= 0.6 is 0 Å². The summed E-state index contributed by atoms with van der Waals surface area (Å²) in [6.07, 6.45) is 4.42. The third-order valence-corrected chi connectivity index (χ3v) is 10.8. The van der Waals surface area contributed by atoms with Crippen molar-refractivity contribution in [3.05, 3.63) is 11.5 Å². The van der Waals surface area contributed by atoms with Crippen molar-refractivity contribution in [1.29, 1.82) is 0 Å². The van der Waals surface area contributed by atoms with Gasteiger partial charge in [-0.25, -0.2) is 0 Å². The molecule has 0 saturated carbocycles. The van der Waals surface area contributed by atoms with E-state index >= 15 is 0 Å². The third kappa shape index (κ3) is 3.94. The molecular weight excluding hydrogens is 303 g/mol. The van der Waals surface area contributed by atoms with E-state index in [1.54, 1.807) is 0 Å². The monoisotopic (exact) mass is 338 g/mol. The maximum absolute atomic E-state index is 6.39. The van der Waals surface area contributed by atoms with Crippen molar-refractivity contribution in [3.8, 4) is 0 Å². The zero-order valence-corrected chi connectivity index (χ0v) is 17.6. The molecule has 0 aromatic rings. The summed E-state index contributed by atoms with van der Waals surface area (Å²) in [7, 11) is -1.84. The Hall–Kier alpha value is -0.0982. The highest BCUT2D eigenvalue weighted by Crippen LogP contribution is 2.42. The lowest BCUT2D eigenvalue weighted by Crippen LogP contribution is -2.41. The molecule has 0 aromatic heterocycles. The van der Waals surface area contributed by atoms with Crippen molar-refractivity contribution in [2.45, 2.75) is 90.6 Å². The van der Waals surface area contributed by atoms with Gasteiger partial charge < -0.3 is 13.7 Å². The largest absolute Gasteiger partial charge is 0.490 e. The summed E-state index contributed by atoms with van der Waals surface area (Å²) in [6, 6.07) is 0. The van der Waals surface area contributed by atoms with Crippen LogP contribution in [-0.4, -0.2) is 33.2 Å². The molecule has 2 aliphatic rings. The molecule has 5 heteroatoms. The lowest BCUT2D eigenvalue weighted by Gasteiger charge is -2.37. The first-order valence-electron chi connectivity index (χ1n) is 8.94. The first-order chi connectivity index (χ1) is 10.3. The lowest BCUT2D eigenvalue weighted by molar-refractivity contribution is 0.00578. The Bertz CT molecular complexity index is 461. The minimum atomic E-state index is -1.66. The minimum Gasteiger partial charge on any atom is -0.417 e. The second kappa shape index (κ2) is 6.01. The average Bonchev–Trinajstić information content (AvgIpc) is 2.89. The molecule has 1 heterocycles. The minimum absolute atomic E-state index is 0.183. The highest BCUT2D eigenvalue weighted by molar-refractivity contribution is 6.74. The highest BCUT2D eigenvalue weighted by Gasteiger charge is 2.52. The van der Waals surface area contributed by atoms with E-state index in [1.807, 2.05) is 0 Å². The van der Waals surface area contributed by atoms with E-state index in [4.69, 9.17) is 13.7 Å². The molecule has 0 spiro atoms. The van der Waals surface area contributed by atoms with E-state index in [1.165, 1.54) is 5.47 Å². The molecule has 23 heavy (non-hydrogen) atoms. The summed E-state index contributed by atoms with van der Waals surface area (Å²) < 4.78 is 18.7. The van der Waals surface area contributed by atoms with E-state index in [0.717, 1.165) is 19.4 Å². The predicted molar refractivity (Wildman–Crippen MR) is 100 cm³/mol. The van der Waals surface area contributed by atoms with Crippen molar-refractivity contribution >= 4 is 15.4 Å². The van der Waals surface area contributed by atoms with Gasteiger partial charge in [-0.1, -0.05) is 26.8 Å². The standard InChI is InChI=1S/C18H35BO3Si/c1-16(2,3)23(8,9)20-13-14-10-11-15(12-14)19-21-17(4,5)18(6,7)22-19/h11,14H,10,12-13H2,1-9H3. The molecule has 0 bridgehead atoms. The Morgan fingerprint density at radius 2 is 1.70 bits per heavy atom. The Labute approximate surface area is 144 Å². The van der Waals surface area contributed by atoms with Gasteiger partial charge in [-0.2, -0.15) is 0 Å². The summed E-state index contributed by atoms with van der Waals surface area (Å²) in [6.45, 7) is 20.8. The van der Waals surface area contributed by atoms with E-state index in [9.17, 15) is 0 Å². The van der Waals surface area contributed by atoms with Crippen LogP contribution in [0.25, 0.3) is 0 Å². The molecule has 1 saturated heterocycles. The second-order valence-electron chi connectivity index (χ2n) is 9.74. The lowest BCUT2D eigenvalue weighted by atomic mass is 9.77. The first-order valence-corrected chi connectivity index (χ1v) is 11.8. The topological polar surface area (TPSA) is 27.7 Å². The quantitative estimate of drug-likeness (QED) is 0.677. The van der Waals surface area contributed by atoms with Gasteiger partial charge >= 0.3 is 7.12 Å². The van der Waals surface area contributed by atoms with Gasteiger partial charge in [0.05, 0.1) is 11.2 Å². The molecular formula is C18H35BO3Si. The SMILES string of the molecule is CC1(C)OB(C2=CCC(CO[Si](C)(C)C(C)(C)C)C2)OC1(C)C. The molecule has 3 nitrogen and oxygen atoms in total. The molecule has 1 aliphatic heterocycles. The molecule has 1 unspecified atom stereocenters. The zero-order chi connectivity index (χ0) is 17.7. The van der Waals surface area contributed by atoms with Crippen LogP contribution in [0.1, 0.15) is 61.3 Å². The van der Waals surface area contributed by atoms with Crippen LogP contribution in [0.3, 0.4) is 0 Å². The van der Waals surface area contributed by atoms with Crippen molar-refractivity contribution in [2.75, 3.05) is 6.61 Å². The normalized spacial score (nSPS) is 27.4. The van der Waals surface area contributed by atoms with Gasteiger partial charge in [-0.3, -0.25) is 0 Å². The van der Waals surface area contributed by atoms with Gasteiger partial charge in [-0.05, 0) is 70.1 Å². The van der Waals surface area contributed by atoms with Crippen molar-refractivity contribution < 1.29 is 13.7 Å². The molecule has 2 rings (SSSR count). The average molecular weight is 338 g/mol. The van der Waals surface area contributed by atoms with Crippen LogP contribution in [0.5, 0.6) is 0 Å². The Morgan fingerprint density at radius 1 is 1.17 bits per heavy atom. The van der Waals surface area contributed by atoms with E-state index < -0.39 is 8.32 Å². The van der Waals surface area contributed by atoms with Gasteiger partial charge in [0.1, 0.15) is 0 Å². The van der Waals surface area contributed by atoms with Gasteiger partial charge in [0.15, 0.2) is 8.32 Å². The van der Waals surface area contributed by atoms with Gasteiger partial charge in [0, 0.05) is 6.61 Å². The fraction of sp³-hybridized carbons (Fsp3) is 0.889. The number of hydrogen-bond acceptors (Lipinski definition) is 3. The number of rotatable bonds is 4. The van der Waals surface area contributed by atoms with E-state index in [2.05, 4.69) is 67.6 Å². The molecule has 1 aliphatic carbocycles. The molecule has 1 fully saturated rings. The molecule has 132 valence electrons. The van der Waals surface area contributed by atoms with Crippen LogP contribution < -0.4 is 0 Å². The summed E-state index contributed by atoms with van der Waals surface area (Å²) in [5.74, 6) is 0.568. The number of hydrogen-bond donors (Lipinski definition) is 0. The smallest absolute Gasteiger partial charge is 0.417 e. The van der Waals surface area contributed by atoms with Crippen molar-refractivity contribution in [2.24, 2.45) is 5.92 Å². The molecule has 0 N–H and O–H groups in total. The molecule has 0 aromatic carbocycles. The Morgan fingerprint density at radius 3 is 2.17 bits per heavy atom. The fourth-order valence-corrected chi connectivity index (χ4v) is 3.76. The van der Waals surface area contributed by atoms with E-state index in [0.29, 0.717) is 5.92 Å². The Balaban J connectivity index is 1.88. The number of allylic oxidation sites excluding steroid dienone is 2. The van der Waals surface area contributed by atoms with E-state index in [-0.39, 0.29) is 23.4 Å². The van der Waals surface area contributed by atoms with Crippen molar-refractivity contribution in [3.63, 3.8) is 0 Å². The Kier molecular flexibility index (Phi) is 5.02. The molecule has 0 radical (unpaired) electrons. The maximum Gasteiger partial charge on any atom is 0.490 e. The summed E-state index contributed by atoms with van der Waals surface area (Å²) >= 11 is 0. The van der Waals surface area contributed by atoms with Gasteiger partial charge in [0.25, 0.3) is 0 Å².